The molecule has 0 fully saturated rings. The molecule has 1 aromatic heterocycles. The van der Waals surface area contributed by atoms with Crippen LogP contribution >= 0.6 is 23.4 Å². The molecule has 0 saturated carbocycles. The van der Waals surface area contributed by atoms with Crippen LogP contribution in [0.4, 0.5) is 10.1 Å². The smallest absolute Gasteiger partial charge is 0.266 e. The average Bonchev–Trinajstić information content (AvgIpc) is 2.80. The van der Waals surface area contributed by atoms with Crippen LogP contribution in [0.15, 0.2) is 76.7 Å². The summed E-state index contributed by atoms with van der Waals surface area (Å²) in [5.41, 5.74) is 0.520. The number of amides is 1. The molecule has 1 N–H and O–H groups in total. The molecule has 4 rings (SSSR count). The van der Waals surface area contributed by atoms with E-state index in [1.54, 1.807) is 61.5 Å². The van der Waals surface area contributed by atoms with Gasteiger partial charge in [-0.1, -0.05) is 47.6 Å². The number of methoxy groups -OCH3 is 1. The van der Waals surface area contributed by atoms with Crippen molar-refractivity contribution in [1.29, 1.82) is 0 Å². The zero-order valence-corrected chi connectivity index (χ0v) is 19.3. The molecule has 4 aromatic rings. The Balaban J connectivity index is 1.73. The Morgan fingerprint density at radius 3 is 2.64 bits per heavy atom. The summed E-state index contributed by atoms with van der Waals surface area (Å²) in [6.45, 7) is 1.67. The Kier molecular flexibility index (Phi) is 6.67. The maximum absolute atomic E-state index is 14.6. The maximum Gasteiger partial charge on any atom is 0.266 e. The van der Waals surface area contributed by atoms with Gasteiger partial charge in [0.05, 0.1) is 34.6 Å². The van der Waals surface area contributed by atoms with Gasteiger partial charge in [-0.05, 0) is 49.4 Å². The lowest BCUT2D eigenvalue weighted by Gasteiger charge is -2.17. The highest BCUT2D eigenvalue weighted by atomic mass is 35.5. The Bertz CT molecular complexity index is 1410. The Labute approximate surface area is 198 Å². The number of ether oxygens (including phenoxy) is 1. The second-order valence-electron chi connectivity index (χ2n) is 7.10. The number of fused-ring (bicyclic) bond motifs is 1. The quantitative estimate of drug-likeness (QED) is 0.297. The number of hydrogen-bond donors (Lipinski definition) is 1. The molecule has 0 saturated heterocycles. The van der Waals surface area contributed by atoms with Gasteiger partial charge in [-0.3, -0.25) is 14.2 Å². The second kappa shape index (κ2) is 9.64. The van der Waals surface area contributed by atoms with Gasteiger partial charge >= 0.3 is 0 Å². The number of thioether (sulfide) groups is 1. The molecule has 1 unspecified atom stereocenters. The number of aromatic nitrogens is 2. The fourth-order valence-electron chi connectivity index (χ4n) is 3.26. The number of hydrogen-bond acceptors (Lipinski definition) is 5. The Morgan fingerprint density at radius 2 is 1.88 bits per heavy atom. The zero-order valence-electron chi connectivity index (χ0n) is 17.7. The first-order valence-electron chi connectivity index (χ1n) is 9.97. The highest BCUT2D eigenvalue weighted by Crippen LogP contribution is 2.30. The monoisotopic (exact) mass is 483 g/mol. The highest BCUT2D eigenvalue weighted by Gasteiger charge is 2.22. The van der Waals surface area contributed by atoms with Gasteiger partial charge in [0.2, 0.25) is 5.91 Å². The lowest BCUT2D eigenvalue weighted by molar-refractivity contribution is -0.115. The topological polar surface area (TPSA) is 73.2 Å². The summed E-state index contributed by atoms with van der Waals surface area (Å²) in [5, 5.41) is 3.10. The maximum atomic E-state index is 14.6. The van der Waals surface area contributed by atoms with E-state index in [4.69, 9.17) is 16.3 Å². The van der Waals surface area contributed by atoms with E-state index >= 15 is 0 Å². The highest BCUT2D eigenvalue weighted by molar-refractivity contribution is 8.00. The summed E-state index contributed by atoms with van der Waals surface area (Å²) >= 11 is 7.09. The molecule has 0 aliphatic rings. The van der Waals surface area contributed by atoms with Gasteiger partial charge in [0.25, 0.3) is 5.56 Å². The third kappa shape index (κ3) is 4.72. The minimum Gasteiger partial charge on any atom is -0.495 e. The second-order valence-corrected chi connectivity index (χ2v) is 8.84. The predicted molar refractivity (Wildman–Crippen MR) is 129 cm³/mol. The predicted octanol–water partition coefficient (Wildman–Crippen LogP) is 5.31. The van der Waals surface area contributed by atoms with Crippen LogP contribution < -0.4 is 15.6 Å². The number of benzene rings is 3. The first-order chi connectivity index (χ1) is 15.9. The van der Waals surface area contributed by atoms with Gasteiger partial charge in [-0.25, -0.2) is 9.37 Å². The van der Waals surface area contributed by atoms with Crippen molar-refractivity contribution >= 4 is 45.9 Å². The molecule has 6 nitrogen and oxygen atoms in total. The van der Waals surface area contributed by atoms with Gasteiger partial charge in [0.15, 0.2) is 5.16 Å². The van der Waals surface area contributed by atoms with E-state index in [9.17, 15) is 14.0 Å². The van der Waals surface area contributed by atoms with Gasteiger partial charge in [0, 0.05) is 5.02 Å². The van der Waals surface area contributed by atoms with Crippen molar-refractivity contribution in [3.63, 3.8) is 0 Å². The van der Waals surface area contributed by atoms with Crippen molar-refractivity contribution in [1.82, 2.24) is 9.55 Å². The van der Waals surface area contributed by atoms with E-state index in [-0.39, 0.29) is 16.8 Å². The van der Waals surface area contributed by atoms with Crippen LogP contribution in [0.5, 0.6) is 5.75 Å². The summed E-state index contributed by atoms with van der Waals surface area (Å²) in [4.78, 5) is 30.8. The molecular formula is C24H19ClFN3O3S. The zero-order chi connectivity index (χ0) is 23.5. The van der Waals surface area contributed by atoms with Crippen molar-refractivity contribution in [2.24, 2.45) is 0 Å². The number of nitrogens with one attached hydrogen (secondary N) is 1. The van der Waals surface area contributed by atoms with Crippen LogP contribution in [0.25, 0.3) is 16.6 Å². The Hall–Kier alpha value is -3.36. The van der Waals surface area contributed by atoms with Crippen molar-refractivity contribution in [2.45, 2.75) is 17.3 Å². The van der Waals surface area contributed by atoms with Gasteiger partial charge in [0.1, 0.15) is 11.6 Å². The molecule has 168 valence electrons. The number of para-hydroxylation sites is 2. The van der Waals surface area contributed by atoms with Crippen molar-refractivity contribution in [2.75, 3.05) is 12.4 Å². The molecule has 0 aliphatic carbocycles. The van der Waals surface area contributed by atoms with Crippen LogP contribution in [0.2, 0.25) is 5.02 Å². The van der Waals surface area contributed by atoms with Crippen LogP contribution in [-0.2, 0) is 4.79 Å². The number of halogens is 2. The molecule has 1 heterocycles. The molecule has 0 aliphatic heterocycles. The summed E-state index contributed by atoms with van der Waals surface area (Å²) < 4.78 is 21.1. The number of anilines is 1. The van der Waals surface area contributed by atoms with E-state index in [2.05, 4.69) is 10.3 Å². The molecule has 0 radical (unpaired) electrons. The molecular weight excluding hydrogens is 465 g/mol. The van der Waals surface area contributed by atoms with Gasteiger partial charge in [-0.15, -0.1) is 0 Å². The van der Waals surface area contributed by atoms with Crippen molar-refractivity contribution in [3.05, 3.63) is 87.9 Å². The van der Waals surface area contributed by atoms with Crippen molar-refractivity contribution < 1.29 is 13.9 Å². The van der Waals surface area contributed by atoms with Gasteiger partial charge in [-0.2, -0.15) is 0 Å². The fraction of sp³-hybridized carbons (Fsp3) is 0.125. The number of carbonyl (C=O) groups excluding carboxylic acids is 1. The van der Waals surface area contributed by atoms with E-state index in [1.165, 1.54) is 23.8 Å². The first kappa shape index (κ1) is 22.8. The fourth-order valence-corrected chi connectivity index (χ4v) is 4.35. The van der Waals surface area contributed by atoms with E-state index in [0.717, 1.165) is 11.8 Å². The van der Waals surface area contributed by atoms with E-state index < -0.39 is 16.6 Å². The van der Waals surface area contributed by atoms with Crippen LogP contribution in [0.3, 0.4) is 0 Å². The summed E-state index contributed by atoms with van der Waals surface area (Å²) in [5.74, 6) is -0.473. The van der Waals surface area contributed by atoms with E-state index in [0.29, 0.717) is 27.4 Å². The molecule has 0 bridgehead atoms. The van der Waals surface area contributed by atoms with E-state index in [1.807, 2.05) is 0 Å². The standard InChI is InChI=1S/C24H19ClFN3O3S/c1-14(22(30)27-19-13-15(25)11-12-21(19)32-2)33-24-28-18-9-5-3-7-16(18)23(31)29(24)20-10-6-4-8-17(20)26/h3-14H,1-2H3,(H,27,30). The largest absolute Gasteiger partial charge is 0.495 e. The molecule has 1 atom stereocenters. The lowest BCUT2D eigenvalue weighted by atomic mass is 10.2. The lowest BCUT2D eigenvalue weighted by Crippen LogP contribution is -2.26. The summed E-state index contributed by atoms with van der Waals surface area (Å²) in [6.07, 6.45) is 0. The third-order valence-corrected chi connectivity index (χ3v) is 6.20. The van der Waals surface area contributed by atoms with Crippen LogP contribution in [0, 0.1) is 5.82 Å². The summed E-state index contributed by atoms with van der Waals surface area (Å²) in [6, 6.07) is 17.7. The average molecular weight is 484 g/mol. The molecule has 3 aromatic carbocycles. The van der Waals surface area contributed by atoms with Crippen LogP contribution in [-0.4, -0.2) is 27.8 Å². The van der Waals surface area contributed by atoms with Crippen molar-refractivity contribution in [3.8, 4) is 11.4 Å². The summed E-state index contributed by atoms with van der Waals surface area (Å²) in [7, 11) is 1.49. The molecule has 9 heteroatoms. The number of rotatable bonds is 6. The first-order valence-corrected chi connectivity index (χ1v) is 11.2. The molecule has 1 amide bonds. The van der Waals surface area contributed by atoms with Crippen LogP contribution in [0.1, 0.15) is 6.92 Å². The molecule has 33 heavy (non-hydrogen) atoms. The normalized spacial score (nSPS) is 11.9. The number of carbonyl (C=O) groups is 1. The minimum absolute atomic E-state index is 0.0624. The Morgan fingerprint density at radius 1 is 1.15 bits per heavy atom. The SMILES string of the molecule is COc1ccc(Cl)cc1NC(=O)C(C)Sc1nc2ccccc2c(=O)n1-c1ccccc1F. The minimum atomic E-state index is -0.681. The molecule has 0 spiro atoms. The number of nitrogens with zero attached hydrogens (tertiary/aromatic N) is 2. The third-order valence-electron chi connectivity index (χ3n) is 4.91. The van der Waals surface area contributed by atoms with Gasteiger partial charge < -0.3 is 10.1 Å².